The second-order valence-electron chi connectivity index (χ2n) is 9.86. The number of carbonyl (C=O) groups is 3. The average Bonchev–Trinajstić information content (AvgIpc) is 3.32. The Hall–Kier alpha value is -2.55. The molecule has 0 spiro atoms. The number of hydrogen-bond donors (Lipinski definition) is 1. The molecule has 3 fully saturated rings. The highest BCUT2D eigenvalue weighted by molar-refractivity contribution is 6.07. The van der Waals surface area contributed by atoms with Crippen molar-refractivity contribution in [3.63, 3.8) is 0 Å². The summed E-state index contributed by atoms with van der Waals surface area (Å²) < 4.78 is 27.3. The minimum atomic E-state index is -0.955. The van der Waals surface area contributed by atoms with E-state index >= 15 is 0 Å². The van der Waals surface area contributed by atoms with Crippen LogP contribution in [0.15, 0.2) is 18.2 Å². The lowest BCUT2D eigenvalue weighted by atomic mass is 9.74. The molecule has 0 bridgehead atoms. The van der Waals surface area contributed by atoms with Gasteiger partial charge in [0.1, 0.15) is 17.2 Å². The minimum Gasteiger partial charge on any atom is -0.339 e. The van der Waals surface area contributed by atoms with E-state index in [4.69, 9.17) is 0 Å². The van der Waals surface area contributed by atoms with Crippen molar-refractivity contribution in [2.75, 3.05) is 33.2 Å². The van der Waals surface area contributed by atoms with Gasteiger partial charge in [0, 0.05) is 31.7 Å². The second kappa shape index (κ2) is 9.98. The van der Waals surface area contributed by atoms with E-state index in [0.717, 1.165) is 44.4 Å². The lowest BCUT2D eigenvalue weighted by Crippen LogP contribution is -2.56. The summed E-state index contributed by atoms with van der Waals surface area (Å²) in [5.41, 5.74) is -1.11. The monoisotopic (exact) mass is 476 g/mol. The molecule has 3 aliphatic rings. The molecule has 186 valence electrons. The summed E-state index contributed by atoms with van der Waals surface area (Å²) in [7, 11) is 2.08. The zero-order valence-corrected chi connectivity index (χ0v) is 20.0. The summed E-state index contributed by atoms with van der Waals surface area (Å²) in [6, 6.07) is 3.01. The number of piperidine rings is 1. The van der Waals surface area contributed by atoms with Crippen LogP contribution in [-0.2, 0) is 4.79 Å². The average molecular weight is 477 g/mol. The van der Waals surface area contributed by atoms with Gasteiger partial charge < -0.3 is 15.1 Å². The van der Waals surface area contributed by atoms with Crippen molar-refractivity contribution in [2.45, 2.75) is 63.5 Å². The summed E-state index contributed by atoms with van der Waals surface area (Å²) >= 11 is 0. The van der Waals surface area contributed by atoms with Crippen LogP contribution in [0.3, 0.4) is 0 Å². The normalized spacial score (nSPS) is 26.4. The van der Waals surface area contributed by atoms with Gasteiger partial charge in [0.2, 0.25) is 0 Å². The number of imide groups is 1. The van der Waals surface area contributed by atoms with Crippen molar-refractivity contribution in [1.82, 2.24) is 20.0 Å². The van der Waals surface area contributed by atoms with E-state index in [0.29, 0.717) is 51.0 Å². The molecule has 2 atom stereocenters. The summed E-state index contributed by atoms with van der Waals surface area (Å²) in [5, 5.41) is 3.03. The molecule has 7 nitrogen and oxygen atoms in total. The first-order valence-electron chi connectivity index (χ1n) is 12.4. The summed E-state index contributed by atoms with van der Waals surface area (Å²) in [6.45, 7) is 4.15. The van der Waals surface area contributed by atoms with E-state index in [1.54, 1.807) is 4.90 Å². The van der Waals surface area contributed by atoms with Crippen molar-refractivity contribution in [1.29, 1.82) is 0 Å². The number of carbonyl (C=O) groups excluding carboxylic acids is 3. The maximum absolute atomic E-state index is 14.1. The smallest absolute Gasteiger partial charge is 0.325 e. The predicted molar refractivity (Wildman–Crippen MR) is 123 cm³/mol. The second-order valence-corrected chi connectivity index (χ2v) is 9.86. The van der Waals surface area contributed by atoms with E-state index in [2.05, 4.69) is 17.3 Å². The van der Waals surface area contributed by atoms with Gasteiger partial charge in [-0.15, -0.1) is 0 Å². The lowest BCUT2D eigenvalue weighted by molar-refractivity contribution is -0.134. The van der Waals surface area contributed by atoms with Gasteiger partial charge in [0.15, 0.2) is 0 Å². The Labute approximate surface area is 199 Å². The quantitative estimate of drug-likeness (QED) is 0.613. The summed E-state index contributed by atoms with van der Waals surface area (Å²) in [4.78, 5) is 44.5. The van der Waals surface area contributed by atoms with Crippen molar-refractivity contribution in [3.8, 4) is 0 Å². The number of nitrogens with one attached hydrogen (secondary N) is 1. The molecule has 34 heavy (non-hydrogen) atoms. The third-order valence-corrected chi connectivity index (χ3v) is 7.84. The third-order valence-electron chi connectivity index (χ3n) is 7.84. The maximum Gasteiger partial charge on any atom is 0.325 e. The molecule has 1 N–H and O–H groups in total. The Morgan fingerprint density at radius 2 is 1.88 bits per heavy atom. The molecular formula is C25H34F2N4O3. The fourth-order valence-electron chi connectivity index (χ4n) is 5.92. The lowest BCUT2D eigenvalue weighted by Gasteiger charge is -2.41. The molecule has 3 aliphatic heterocycles. The van der Waals surface area contributed by atoms with Gasteiger partial charge in [0.05, 0.1) is 5.56 Å². The number of likely N-dealkylation sites (tertiary alicyclic amines) is 2. The van der Waals surface area contributed by atoms with Crippen LogP contribution in [0.2, 0.25) is 0 Å². The molecular weight excluding hydrogens is 442 g/mol. The van der Waals surface area contributed by atoms with Crippen LogP contribution in [0.25, 0.3) is 0 Å². The van der Waals surface area contributed by atoms with Gasteiger partial charge in [-0.2, -0.15) is 0 Å². The largest absolute Gasteiger partial charge is 0.339 e. The van der Waals surface area contributed by atoms with E-state index < -0.39 is 23.1 Å². The standard InChI is InChI=1S/C25H34F2N4O3/c1-3-11-25(23(33)31(24(34)28-25)15-10-19-5-4-12-29(19)2)17-8-13-30(14-9-17)22(32)20-7-6-18(26)16-21(20)27/h6-7,16-17,19H,3-5,8-15H2,1-2H3,(H,28,34)/t19-,25-/m0/s1. The Bertz CT molecular complexity index is 950. The van der Waals surface area contributed by atoms with E-state index in [1.807, 2.05) is 6.92 Å². The number of benzene rings is 1. The molecule has 1 aromatic carbocycles. The zero-order chi connectivity index (χ0) is 24.5. The van der Waals surface area contributed by atoms with E-state index in [9.17, 15) is 23.2 Å². The number of hydrogen-bond acceptors (Lipinski definition) is 4. The van der Waals surface area contributed by atoms with Gasteiger partial charge in [-0.3, -0.25) is 14.5 Å². The Morgan fingerprint density at radius 3 is 2.50 bits per heavy atom. The fourth-order valence-corrected chi connectivity index (χ4v) is 5.92. The first-order chi connectivity index (χ1) is 16.3. The number of urea groups is 1. The molecule has 3 saturated heterocycles. The molecule has 4 amide bonds. The molecule has 0 aliphatic carbocycles. The molecule has 3 heterocycles. The van der Waals surface area contributed by atoms with Crippen LogP contribution in [0.4, 0.5) is 13.6 Å². The number of halogens is 2. The van der Waals surface area contributed by atoms with Crippen LogP contribution in [0.1, 0.15) is 62.2 Å². The van der Waals surface area contributed by atoms with Crippen LogP contribution in [-0.4, -0.2) is 77.4 Å². The summed E-state index contributed by atoms with van der Waals surface area (Å²) in [6.07, 6.45) is 5.34. The first-order valence-corrected chi connectivity index (χ1v) is 12.4. The molecule has 1 aromatic rings. The fraction of sp³-hybridized carbons (Fsp3) is 0.640. The van der Waals surface area contributed by atoms with Gasteiger partial charge >= 0.3 is 6.03 Å². The van der Waals surface area contributed by atoms with Crippen LogP contribution >= 0.6 is 0 Å². The van der Waals surface area contributed by atoms with Gasteiger partial charge in [-0.1, -0.05) is 13.3 Å². The van der Waals surface area contributed by atoms with Gasteiger partial charge in [0.25, 0.3) is 11.8 Å². The zero-order valence-electron chi connectivity index (χ0n) is 20.0. The van der Waals surface area contributed by atoms with Crippen LogP contribution < -0.4 is 5.32 Å². The van der Waals surface area contributed by atoms with Crippen molar-refractivity contribution >= 4 is 17.8 Å². The molecule has 4 rings (SSSR count). The van der Waals surface area contributed by atoms with Crippen LogP contribution in [0, 0.1) is 17.6 Å². The minimum absolute atomic E-state index is 0.106. The molecule has 9 heteroatoms. The predicted octanol–water partition coefficient (Wildman–Crippen LogP) is 3.39. The number of rotatable bonds is 7. The van der Waals surface area contributed by atoms with Gasteiger partial charge in [-0.05, 0) is 70.2 Å². The van der Waals surface area contributed by atoms with E-state index in [-0.39, 0.29) is 23.4 Å². The highest BCUT2D eigenvalue weighted by Gasteiger charge is 2.55. The highest BCUT2D eigenvalue weighted by atomic mass is 19.1. The van der Waals surface area contributed by atoms with Crippen molar-refractivity contribution in [3.05, 3.63) is 35.4 Å². The topological polar surface area (TPSA) is 73.0 Å². The molecule has 0 saturated carbocycles. The maximum atomic E-state index is 14.1. The molecule has 0 radical (unpaired) electrons. The highest BCUT2D eigenvalue weighted by Crippen LogP contribution is 2.37. The Kier molecular flexibility index (Phi) is 7.21. The Morgan fingerprint density at radius 1 is 1.15 bits per heavy atom. The molecule has 0 aromatic heterocycles. The van der Waals surface area contributed by atoms with Crippen LogP contribution in [0.5, 0.6) is 0 Å². The molecule has 0 unspecified atom stereocenters. The van der Waals surface area contributed by atoms with E-state index in [1.165, 1.54) is 4.90 Å². The first kappa shape index (κ1) is 24.6. The van der Waals surface area contributed by atoms with Gasteiger partial charge in [-0.25, -0.2) is 13.6 Å². The third kappa shape index (κ3) is 4.54. The number of nitrogens with zero attached hydrogens (tertiary/aromatic N) is 3. The summed E-state index contributed by atoms with van der Waals surface area (Å²) in [5.74, 6) is -2.35. The SMILES string of the molecule is CCC[C@@]1(C2CCN(C(=O)c3ccc(F)cc3F)CC2)NC(=O)N(CC[C@@H]2CCCN2C)C1=O. The van der Waals surface area contributed by atoms with Crippen molar-refractivity contribution < 1.29 is 23.2 Å². The Balaban J connectivity index is 1.42. The van der Waals surface area contributed by atoms with Crippen molar-refractivity contribution in [2.24, 2.45) is 5.92 Å². The number of amides is 4.